The Morgan fingerprint density at radius 2 is 2.43 bits per heavy atom. The molecule has 2 aromatic heterocycles. The number of hydrogen-bond donors (Lipinski definition) is 2. The molecule has 3 N–H and O–H groups in total. The van der Waals surface area contributed by atoms with Crippen molar-refractivity contribution in [3.8, 4) is 0 Å². The Balaban J connectivity index is 1.70. The van der Waals surface area contributed by atoms with Crippen LogP contribution in [0.2, 0.25) is 0 Å². The van der Waals surface area contributed by atoms with Crippen LogP contribution in [-0.2, 0) is 6.42 Å². The molecule has 3 heterocycles. The third-order valence-corrected chi connectivity index (χ3v) is 4.45. The van der Waals surface area contributed by atoms with Gasteiger partial charge in [-0.2, -0.15) is 10.1 Å². The lowest BCUT2D eigenvalue weighted by atomic mass is 9.93. The van der Waals surface area contributed by atoms with Gasteiger partial charge in [-0.25, -0.2) is 0 Å². The summed E-state index contributed by atoms with van der Waals surface area (Å²) < 4.78 is 5.36. The molecular weight excluding hydrogens is 296 g/mol. The molecule has 0 saturated carbocycles. The molecular formula is C15H22N6O2. The van der Waals surface area contributed by atoms with Crippen LogP contribution in [0.5, 0.6) is 0 Å². The van der Waals surface area contributed by atoms with Crippen molar-refractivity contribution in [2.45, 2.75) is 45.1 Å². The SMILES string of the molecule is CCc1noc(C(C)N2CCCC(c3cc(C(N)=O)n[nH]3)C2)n1. The van der Waals surface area contributed by atoms with Gasteiger partial charge in [-0.15, -0.1) is 0 Å². The van der Waals surface area contributed by atoms with E-state index in [0.717, 1.165) is 43.9 Å². The second kappa shape index (κ2) is 6.49. The van der Waals surface area contributed by atoms with E-state index in [9.17, 15) is 4.79 Å². The number of aryl methyl sites for hydroxylation is 1. The average molecular weight is 318 g/mol. The van der Waals surface area contributed by atoms with Crippen LogP contribution in [0.4, 0.5) is 0 Å². The number of rotatable bonds is 5. The highest BCUT2D eigenvalue weighted by atomic mass is 16.5. The number of nitrogens with zero attached hydrogens (tertiary/aromatic N) is 4. The largest absolute Gasteiger partial charge is 0.364 e. The van der Waals surface area contributed by atoms with Gasteiger partial charge >= 0.3 is 0 Å². The lowest BCUT2D eigenvalue weighted by Gasteiger charge is -2.34. The van der Waals surface area contributed by atoms with Gasteiger partial charge in [-0.1, -0.05) is 12.1 Å². The quantitative estimate of drug-likeness (QED) is 0.861. The third-order valence-electron chi connectivity index (χ3n) is 4.45. The molecule has 8 heteroatoms. The summed E-state index contributed by atoms with van der Waals surface area (Å²) in [5.74, 6) is 1.18. The number of aromatic nitrogens is 4. The van der Waals surface area contributed by atoms with E-state index in [1.54, 1.807) is 6.07 Å². The first-order valence-electron chi connectivity index (χ1n) is 8.00. The summed E-state index contributed by atoms with van der Waals surface area (Å²) in [6.07, 6.45) is 2.88. The molecule has 1 amide bonds. The van der Waals surface area contributed by atoms with E-state index < -0.39 is 5.91 Å². The predicted octanol–water partition coefficient (Wildman–Crippen LogP) is 1.39. The number of amides is 1. The first-order chi connectivity index (χ1) is 11.1. The molecule has 1 aliphatic rings. The zero-order valence-electron chi connectivity index (χ0n) is 13.5. The first-order valence-corrected chi connectivity index (χ1v) is 8.00. The Bertz CT molecular complexity index is 679. The van der Waals surface area contributed by atoms with Crippen LogP contribution >= 0.6 is 0 Å². The number of nitrogens with two attached hydrogens (primary N) is 1. The second-order valence-corrected chi connectivity index (χ2v) is 5.99. The van der Waals surface area contributed by atoms with Crippen LogP contribution in [0.25, 0.3) is 0 Å². The van der Waals surface area contributed by atoms with Gasteiger partial charge in [-0.05, 0) is 32.4 Å². The van der Waals surface area contributed by atoms with Crippen molar-refractivity contribution in [1.82, 2.24) is 25.2 Å². The van der Waals surface area contributed by atoms with Crippen LogP contribution in [0, 0.1) is 0 Å². The number of piperidine rings is 1. The highest BCUT2D eigenvalue weighted by molar-refractivity contribution is 5.90. The predicted molar refractivity (Wildman–Crippen MR) is 82.7 cm³/mol. The Morgan fingerprint density at radius 3 is 3.09 bits per heavy atom. The van der Waals surface area contributed by atoms with E-state index in [2.05, 4.69) is 32.2 Å². The summed E-state index contributed by atoms with van der Waals surface area (Å²) in [4.78, 5) is 17.9. The number of nitrogens with one attached hydrogen (secondary N) is 1. The van der Waals surface area contributed by atoms with Gasteiger partial charge in [-0.3, -0.25) is 14.8 Å². The van der Waals surface area contributed by atoms with Crippen molar-refractivity contribution in [3.05, 3.63) is 29.2 Å². The van der Waals surface area contributed by atoms with Gasteiger partial charge in [0, 0.05) is 24.6 Å². The fourth-order valence-corrected chi connectivity index (χ4v) is 3.02. The molecule has 2 aromatic rings. The van der Waals surface area contributed by atoms with Crippen molar-refractivity contribution in [2.75, 3.05) is 13.1 Å². The van der Waals surface area contributed by atoms with Crippen molar-refractivity contribution in [1.29, 1.82) is 0 Å². The van der Waals surface area contributed by atoms with Gasteiger partial charge in [0.25, 0.3) is 5.91 Å². The van der Waals surface area contributed by atoms with E-state index in [-0.39, 0.29) is 11.7 Å². The molecule has 124 valence electrons. The molecule has 0 radical (unpaired) electrons. The monoisotopic (exact) mass is 318 g/mol. The summed E-state index contributed by atoms with van der Waals surface area (Å²) in [5.41, 5.74) is 6.51. The lowest BCUT2D eigenvalue weighted by Crippen LogP contribution is -2.36. The molecule has 2 unspecified atom stereocenters. The van der Waals surface area contributed by atoms with Gasteiger partial charge in [0.1, 0.15) is 5.69 Å². The molecule has 1 fully saturated rings. The van der Waals surface area contributed by atoms with Gasteiger partial charge in [0.2, 0.25) is 5.89 Å². The van der Waals surface area contributed by atoms with Crippen molar-refractivity contribution in [2.24, 2.45) is 5.73 Å². The molecule has 0 aromatic carbocycles. The van der Waals surface area contributed by atoms with Crippen LogP contribution in [-0.4, -0.2) is 44.2 Å². The minimum Gasteiger partial charge on any atom is -0.364 e. The molecule has 8 nitrogen and oxygen atoms in total. The molecule has 0 aliphatic carbocycles. The molecule has 3 rings (SSSR count). The Kier molecular flexibility index (Phi) is 4.42. The Labute approximate surface area is 134 Å². The zero-order valence-corrected chi connectivity index (χ0v) is 13.5. The molecule has 2 atom stereocenters. The lowest BCUT2D eigenvalue weighted by molar-refractivity contribution is 0.0995. The molecule has 1 saturated heterocycles. The standard InChI is InChI=1S/C15H22N6O2/c1-3-13-17-15(23-20-13)9(2)21-6-4-5-10(8-21)11-7-12(14(16)22)19-18-11/h7,9-10H,3-6,8H2,1-2H3,(H2,16,22)(H,18,19). The fraction of sp³-hybridized carbons (Fsp3) is 0.600. The summed E-state index contributed by atoms with van der Waals surface area (Å²) in [7, 11) is 0. The molecule has 0 spiro atoms. The number of aromatic amines is 1. The van der Waals surface area contributed by atoms with E-state index in [1.165, 1.54) is 0 Å². The maximum atomic E-state index is 11.2. The third kappa shape index (κ3) is 3.26. The normalized spacial score (nSPS) is 20.5. The summed E-state index contributed by atoms with van der Waals surface area (Å²) in [5, 5.41) is 10.9. The number of likely N-dealkylation sites (tertiary alicyclic amines) is 1. The van der Waals surface area contributed by atoms with Crippen LogP contribution in [0.15, 0.2) is 10.6 Å². The van der Waals surface area contributed by atoms with Crippen molar-refractivity contribution < 1.29 is 9.32 Å². The van der Waals surface area contributed by atoms with E-state index >= 15 is 0 Å². The molecule has 0 bridgehead atoms. The summed E-state index contributed by atoms with van der Waals surface area (Å²) >= 11 is 0. The second-order valence-electron chi connectivity index (χ2n) is 5.99. The van der Waals surface area contributed by atoms with Gasteiger partial charge in [0.15, 0.2) is 5.82 Å². The number of H-pyrrole nitrogens is 1. The maximum absolute atomic E-state index is 11.2. The maximum Gasteiger partial charge on any atom is 0.269 e. The van der Waals surface area contributed by atoms with Gasteiger partial charge < -0.3 is 10.3 Å². The van der Waals surface area contributed by atoms with Gasteiger partial charge in [0.05, 0.1) is 6.04 Å². The van der Waals surface area contributed by atoms with E-state index in [1.807, 2.05) is 6.92 Å². The summed E-state index contributed by atoms with van der Waals surface area (Å²) in [6, 6.07) is 1.83. The highest BCUT2D eigenvalue weighted by Gasteiger charge is 2.29. The zero-order chi connectivity index (χ0) is 16.4. The van der Waals surface area contributed by atoms with E-state index in [4.69, 9.17) is 10.3 Å². The summed E-state index contributed by atoms with van der Waals surface area (Å²) in [6.45, 7) is 5.92. The number of hydrogen-bond acceptors (Lipinski definition) is 6. The smallest absolute Gasteiger partial charge is 0.269 e. The highest BCUT2D eigenvalue weighted by Crippen LogP contribution is 2.30. The number of carbonyl (C=O) groups excluding carboxylic acids is 1. The van der Waals surface area contributed by atoms with E-state index in [0.29, 0.717) is 11.8 Å². The minimum atomic E-state index is -0.508. The van der Waals surface area contributed by atoms with Crippen molar-refractivity contribution in [3.63, 3.8) is 0 Å². The number of primary amides is 1. The van der Waals surface area contributed by atoms with Crippen LogP contribution in [0.3, 0.4) is 0 Å². The van der Waals surface area contributed by atoms with Crippen molar-refractivity contribution >= 4 is 5.91 Å². The Morgan fingerprint density at radius 1 is 1.61 bits per heavy atom. The fourth-order valence-electron chi connectivity index (χ4n) is 3.02. The average Bonchev–Trinajstić information content (AvgIpc) is 3.23. The van der Waals surface area contributed by atoms with Crippen LogP contribution in [0.1, 0.15) is 66.5 Å². The Hall–Kier alpha value is -2.22. The molecule has 23 heavy (non-hydrogen) atoms. The molecule has 1 aliphatic heterocycles. The first kappa shape index (κ1) is 15.7. The minimum absolute atomic E-state index is 0.0733. The van der Waals surface area contributed by atoms with Crippen LogP contribution < -0.4 is 5.73 Å². The topological polar surface area (TPSA) is 114 Å². The number of carbonyl (C=O) groups is 1.